The van der Waals surface area contributed by atoms with Crippen molar-refractivity contribution in [1.82, 2.24) is 14.5 Å². The normalized spacial score (nSPS) is 19.3. The number of aliphatic hydroxyl groups is 1. The molecule has 1 N–H and O–H groups in total. The summed E-state index contributed by atoms with van der Waals surface area (Å²) in [5.74, 6) is -0.136. The first-order valence-electron chi connectivity index (χ1n) is 13.8. The van der Waals surface area contributed by atoms with Crippen molar-refractivity contribution in [2.45, 2.75) is 45.1 Å². The van der Waals surface area contributed by atoms with E-state index in [1.165, 1.54) is 0 Å². The highest BCUT2D eigenvalue weighted by molar-refractivity contribution is 6.46. The second-order valence-corrected chi connectivity index (χ2v) is 10.4. The van der Waals surface area contributed by atoms with Crippen LogP contribution in [0, 0.1) is 0 Å². The summed E-state index contributed by atoms with van der Waals surface area (Å²) in [7, 11) is 0. The summed E-state index contributed by atoms with van der Waals surface area (Å²) in [6.45, 7) is 3.33. The first kappa shape index (κ1) is 26.4. The van der Waals surface area contributed by atoms with Crippen molar-refractivity contribution in [3.05, 3.63) is 119 Å². The third-order valence-electron chi connectivity index (χ3n) is 7.51. The number of fused-ring (bicyclic) bond motifs is 1. The van der Waals surface area contributed by atoms with Crippen LogP contribution in [-0.4, -0.2) is 43.9 Å². The highest BCUT2D eigenvalue weighted by Gasteiger charge is 2.46. The molecule has 4 aromatic rings. The van der Waals surface area contributed by atoms with Crippen molar-refractivity contribution < 1.29 is 24.2 Å². The topological polar surface area (TPSA) is 93.9 Å². The standard InChI is InChI=1S/C33H31N3O5/c1-22-17-26-18-25(11-12-28(26)41-22)31(37)29-30(36(33(39)32(29)38)15-6-14-35-16-13-34-21-35)24-9-5-10-27(19-24)40-20-23-7-3-2-4-8-23/h2-5,7-13,16,18-19,21-22,30,37H,6,14-15,17,20H2,1H3/b31-29+/t22-,30-/m0/s1. The minimum Gasteiger partial charge on any atom is -0.507 e. The quantitative estimate of drug-likeness (QED) is 0.173. The first-order valence-corrected chi connectivity index (χ1v) is 13.8. The molecule has 0 bridgehead atoms. The highest BCUT2D eigenvalue weighted by atomic mass is 16.5. The molecule has 1 amide bonds. The van der Waals surface area contributed by atoms with E-state index in [4.69, 9.17) is 9.47 Å². The smallest absolute Gasteiger partial charge is 0.295 e. The first-order chi connectivity index (χ1) is 20.0. The van der Waals surface area contributed by atoms with E-state index in [9.17, 15) is 14.7 Å². The molecule has 8 heteroatoms. The maximum atomic E-state index is 13.5. The van der Waals surface area contributed by atoms with Crippen LogP contribution in [0.1, 0.15) is 41.6 Å². The van der Waals surface area contributed by atoms with Crippen molar-refractivity contribution >= 4 is 17.4 Å². The zero-order valence-corrected chi connectivity index (χ0v) is 22.8. The number of amides is 1. The van der Waals surface area contributed by atoms with E-state index in [2.05, 4.69) is 4.98 Å². The number of aromatic nitrogens is 2. The van der Waals surface area contributed by atoms with Crippen LogP contribution in [0.2, 0.25) is 0 Å². The number of carbonyl (C=O) groups is 2. The van der Waals surface area contributed by atoms with E-state index in [-0.39, 0.29) is 17.4 Å². The van der Waals surface area contributed by atoms with Gasteiger partial charge in [0.1, 0.15) is 30.0 Å². The summed E-state index contributed by atoms with van der Waals surface area (Å²) in [5, 5.41) is 11.5. The summed E-state index contributed by atoms with van der Waals surface area (Å²) in [5.41, 5.74) is 3.24. The molecule has 0 unspecified atom stereocenters. The number of ether oxygens (including phenoxy) is 2. The number of ketones is 1. The molecule has 41 heavy (non-hydrogen) atoms. The van der Waals surface area contributed by atoms with Crippen LogP contribution in [0.15, 0.2) is 97.1 Å². The average molecular weight is 550 g/mol. The van der Waals surface area contributed by atoms with Crippen molar-refractivity contribution in [3.8, 4) is 11.5 Å². The fourth-order valence-electron chi connectivity index (χ4n) is 5.54. The van der Waals surface area contributed by atoms with Crippen LogP contribution in [0.5, 0.6) is 11.5 Å². The number of aliphatic hydroxyl groups excluding tert-OH is 1. The van der Waals surface area contributed by atoms with Gasteiger partial charge in [-0.25, -0.2) is 4.98 Å². The SMILES string of the molecule is C[C@H]1Cc2cc(/C(O)=C3\C(=O)C(=O)N(CCCn4ccnc4)[C@H]3c3cccc(OCc4ccccc4)c3)ccc2O1. The Morgan fingerprint density at radius 2 is 1.90 bits per heavy atom. The average Bonchev–Trinajstić information content (AvgIpc) is 3.70. The Kier molecular flexibility index (Phi) is 7.29. The van der Waals surface area contributed by atoms with Crippen molar-refractivity contribution in [2.75, 3.05) is 6.54 Å². The Bertz CT molecular complexity index is 1600. The lowest BCUT2D eigenvalue weighted by Gasteiger charge is -2.26. The number of carbonyl (C=O) groups excluding carboxylic acids is 2. The van der Waals surface area contributed by atoms with E-state index >= 15 is 0 Å². The number of likely N-dealkylation sites (tertiary alicyclic amines) is 1. The molecule has 208 valence electrons. The molecular weight excluding hydrogens is 518 g/mol. The molecular formula is C33H31N3O5. The maximum Gasteiger partial charge on any atom is 0.295 e. The number of hydrogen-bond acceptors (Lipinski definition) is 6. The minimum atomic E-state index is -0.763. The molecule has 1 fully saturated rings. The third-order valence-corrected chi connectivity index (χ3v) is 7.51. The van der Waals surface area contributed by atoms with Gasteiger partial charge in [-0.3, -0.25) is 9.59 Å². The molecule has 8 nitrogen and oxygen atoms in total. The van der Waals surface area contributed by atoms with Gasteiger partial charge in [-0.1, -0.05) is 42.5 Å². The number of aryl methyl sites for hydroxylation is 1. The van der Waals surface area contributed by atoms with Gasteiger partial charge in [0, 0.05) is 37.5 Å². The molecule has 2 aliphatic heterocycles. The summed E-state index contributed by atoms with van der Waals surface area (Å²) in [6.07, 6.45) is 6.65. The monoisotopic (exact) mass is 549 g/mol. The molecule has 2 aliphatic rings. The predicted octanol–water partition coefficient (Wildman–Crippen LogP) is 5.30. The van der Waals surface area contributed by atoms with Crippen LogP contribution in [-0.2, 0) is 29.2 Å². The fraction of sp³-hybridized carbons (Fsp3) is 0.242. The number of Topliss-reactive ketones (excluding diaryl/α,β-unsaturated/α-hetero) is 1. The van der Waals surface area contributed by atoms with E-state index in [1.807, 2.05) is 84.4 Å². The lowest BCUT2D eigenvalue weighted by molar-refractivity contribution is -0.139. The molecule has 0 spiro atoms. The summed E-state index contributed by atoms with van der Waals surface area (Å²) < 4.78 is 13.8. The predicted molar refractivity (Wildman–Crippen MR) is 153 cm³/mol. The molecule has 0 saturated carbocycles. The van der Waals surface area contributed by atoms with E-state index in [1.54, 1.807) is 23.5 Å². The van der Waals surface area contributed by atoms with Gasteiger partial charge in [-0.15, -0.1) is 0 Å². The van der Waals surface area contributed by atoms with Crippen LogP contribution in [0.3, 0.4) is 0 Å². The van der Waals surface area contributed by atoms with Gasteiger partial charge in [0.25, 0.3) is 11.7 Å². The Labute approximate surface area is 238 Å². The van der Waals surface area contributed by atoms with Gasteiger partial charge in [-0.2, -0.15) is 0 Å². The second kappa shape index (κ2) is 11.3. The Hall–Kier alpha value is -4.85. The summed E-state index contributed by atoms with van der Waals surface area (Å²) in [6, 6.07) is 21.9. The largest absolute Gasteiger partial charge is 0.507 e. The molecule has 1 aromatic heterocycles. The highest BCUT2D eigenvalue weighted by Crippen LogP contribution is 2.41. The van der Waals surface area contributed by atoms with Crippen LogP contribution >= 0.6 is 0 Å². The Balaban J connectivity index is 1.35. The molecule has 0 radical (unpaired) electrons. The third kappa shape index (κ3) is 5.45. The van der Waals surface area contributed by atoms with Crippen LogP contribution < -0.4 is 9.47 Å². The van der Waals surface area contributed by atoms with Crippen LogP contribution in [0.4, 0.5) is 0 Å². The van der Waals surface area contributed by atoms with Gasteiger partial charge >= 0.3 is 0 Å². The number of hydrogen-bond donors (Lipinski definition) is 1. The molecule has 3 aromatic carbocycles. The molecule has 6 rings (SSSR count). The zero-order valence-electron chi connectivity index (χ0n) is 22.8. The van der Waals surface area contributed by atoms with Crippen molar-refractivity contribution in [3.63, 3.8) is 0 Å². The number of nitrogens with zero attached hydrogens (tertiary/aromatic N) is 3. The van der Waals surface area contributed by atoms with Crippen molar-refractivity contribution in [2.24, 2.45) is 0 Å². The Morgan fingerprint density at radius 3 is 2.71 bits per heavy atom. The van der Waals surface area contributed by atoms with Gasteiger partial charge in [0.15, 0.2) is 0 Å². The maximum absolute atomic E-state index is 13.5. The Morgan fingerprint density at radius 1 is 1.05 bits per heavy atom. The van der Waals surface area contributed by atoms with Gasteiger partial charge in [-0.05, 0) is 60.4 Å². The molecule has 2 atom stereocenters. The number of benzene rings is 3. The molecule has 1 saturated heterocycles. The van der Waals surface area contributed by atoms with E-state index < -0.39 is 17.7 Å². The number of imidazole rings is 1. The molecule has 0 aliphatic carbocycles. The summed E-state index contributed by atoms with van der Waals surface area (Å²) in [4.78, 5) is 32.6. The molecule has 3 heterocycles. The fourth-order valence-corrected chi connectivity index (χ4v) is 5.54. The number of rotatable bonds is 9. The van der Waals surface area contributed by atoms with E-state index in [0.717, 1.165) is 16.9 Å². The van der Waals surface area contributed by atoms with Gasteiger partial charge in [0.2, 0.25) is 0 Å². The minimum absolute atomic E-state index is 0.0436. The lowest BCUT2D eigenvalue weighted by Crippen LogP contribution is -2.31. The van der Waals surface area contributed by atoms with Gasteiger partial charge < -0.3 is 24.0 Å². The van der Waals surface area contributed by atoms with E-state index in [0.29, 0.717) is 49.4 Å². The van der Waals surface area contributed by atoms with Crippen LogP contribution in [0.25, 0.3) is 5.76 Å². The second-order valence-electron chi connectivity index (χ2n) is 10.4. The lowest BCUT2D eigenvalue weighted by atomic mass is 9.94. The zero-order chi connectivity index (χ0) is 28.3. The summed E-state index contributed by atoms with van der Waals surface area (Å²) >= 11 is 0. The van der Waals surface area contributed by atoms with Gasteiger partial charge in [0.05, 0.1) is 17.9 Å². The van der Waals surface area contributed by atoms with Crippen molar-refractivity contribution in [1.29, 1.82) is 0 Å².